The molecule has 1 amide bonds. The molecule has 4 aromatic rings. The summed E-state index contributed by atoms with van der Waals surface area (Å²) in [5.41, 5.74) is 2.75. The van der Waals surface area contributed by atoms with Gasteiger partial charge in [-0.15, -0.1) is 5.10 Å². The number of rotatable bonds is 8. The van der Waals surface area contributed by atoms with Crippen molar-refractivity contribution >= 4 is 16.7 Å². The quantitative estimate of drug-likeness (QED) is 0.411. The molecule has 7 nitrogen and oxygen atoms in total. The molecule has 0 fully saturated rings. The summed E-state index contributed by atoms with van der Waals surface area (Å²) in [6, 6.07) is 15.4. The molecule has 2 aromatic carbocycles. The van der Waals surface area contributed by atoms with Gasteiger partial charge < -0.3 is 10.4 Å². The normalized spacial score (nSPS) is 12.8. The van der Waals surface area contributed by atoms with Crippen LogP contribution in [0, 0.1) is 11.3 Å². The Morgan fingerprint density at radius 1 is 1.12 bits per heavy atom. The summed E-state index contributed by atoms with van der Waals surface area (Å²) in [7, 11) is 0. The molecule has 0 spiro atoms. The molecule has 0 saturated carbocycles. The molecule has 34 heavy (non-hydrogen) atoms. The number of amides is 1. The zero-order chi connectivity index (χ0) is 24.3. The Morgan fingerprint density at radius 3 is 2.68 bits per heavy atom. The molecule has 0 saturated heterocycles. The van der Waals surface area contributed by atoms with Crippen LogP contribution in [0.15, 0.2) is 67.1 Å². The molecule has 0 aliphatic carbocycles. The zero-order valence-corrected chi connectivity index (χ0v) is 20.1. The Labute approximate surface area is 199 Å². The number of nitrogens with one attached hydrogen (secondary N) is 1. The van der Waals surface area contributed by atoms with E-state index in [2.05, 4.69) is 40.5 Å². The van der Waals surface area contributed by atoms with Crippen molar-refractivity contribution in [3.63, 3.8) is 0 Å². The summed E-state index contributed by atoms with van der Waals surface area (Å²) in [6.07, 6.45) is 5.50. The third kappa shape index (κ3) is 4.99. The number of aliphatic hydroxyl groups is 1. The highest BCUT2D eigenvalue weighted by Crippen LogP contribution is 2.26. The van der Waals surface area contributed by atoms with Gasteiger partial charge in [-0.2, -0.15) is 0 Å². The van der Waals surface area contributed by atoms with Crippen molar-refractivity contribution in [1.82, 2.24) is 25.3 Å². The minimum Gasteiger partial charge on any atom is -0.396 e. The number of hydrogen-bond acceptors (Lipinski definition) is 5. The fourth-order valence-electron chi connectivity index (χ4n) is 4.39. The van der Waals surface area contributed by atoms with Gasteiger partial charge in [-0.3, -0.25) is 9.78 Å². The van der Waals surface area contributed by atoms with Gasteiger partial charge in [0.25, 0.3) is 5.91 Å². The summed E-state index contributed by atoms with van der Waals surface area (Å²) >= 11 is 0. The number of carbonyl (C=O) groups excluding carboxylic acids is 1. The maximum atomic E-state index is 13.2. The van der Waals surface area contributed by atoms with Gasteiger partial charge >= 0.3 is 0 Å². The molecule has 0 radical (unpaired) electrons. The maximum absolute atomic E-state index is 13.2. The number of hydrogen-bond donors (Lipinski definition) is 2. The summed E-state index contributed by atoms with van der Waals surface area (Å²) < 4.78 is 1.75. The predicted molar refractivity (Wildman–Crippen MR) is 133 cm³/mol. The standard InChI is InChI=1S/C27H31N5O2/c1-18(2)25(27(3,4)17-33)29-26(34)23-8-6-5-7-22(23)15-32-16-24(30-31-32)20-9-10-21-14-28-12-11-19(21)13-20/h5-14,16,18,25,33H,15,17H2,1-4H3,(H,29,34). The van der Waals surface area contributed by atoms with Gasteiger partial charge in [-0.25, -0.2) is 4.68 Å². The largest absolute Gasteiger partial charge is 0.396 e. The van der Waals surface area contributed by atoms with E-state index in [9.17, 15) is 9.90 Å². The number of carbonyl (C=O) groups is 1. The van der Waals surface area contributed by atoms with E-state index in [1.54, 1.807) is 10.9 Å². The molecule has 1 atom stereocenters. The molecule has 0 aliphatic heterocycles. The van der Waals surface area contributed by atoms with E-state index in [1.807, 2.05) is 68.7 Å². The number of pyridine rings is 1. The van der Waals surface area contributed by atoms with E-state index in [0.717, 1.165) is 27.6 Å². The average molecular weight is 458 g/mol. The van der Waals surface area contributed by atoms with Crippen molar-refractivity contribution in [2.24, 2.45) is 11.3 Å². The monoisotopic (exact) mass is 457 g/mol. The van der Waals surface area contributed by atoms with Crippen LogP contribution in [0.5, 0.6) is 0 Å². The van der Waals surface area contributed by atoms with Crippen molar-refractivity contribution in [2.75, 3.05) is 6.61 Å². The molecule has 7 heteroatoms. The van der Waals surface area contributed by atoms with Crippen molar-refractivity contribution in [1.29, 1.82) is 0 Å². The van der Waals surface area contributed by atoms with Crippen molar-refractivity contribution < 1.29 is 9.90 Å². The molecule has 176 valence electrons. The van der Waals surface area contributed by atoms with Gasteiger partial charge in [0.2, 0.25) is 0 Å². The summed E-state index contributed by atoms with van der Waals surface area (Å²) in [5, 5.41) is 23.8. The van der Waals surface area contributed by atoms with E-state index >= 15 is 0 Å². The smallest absolute Gasteiger partial charge is 0.251 e. The first-order valence-corrected chi connectivity index (χ1v) is 11.5. The summed E-state index contributed by atoms with van der Waals surface area (Å²) in [4.78, 5) is 17.4. The second kappa shape index (κ2) is 9.73. The van der Waals surface area contributed by atoms with Crippen LogP contribution in [-0.2, 0) is 6.54 Å². The van der Waals surface area contributed by atoms with Crippen LogP contribution >= 0.6 is 0 Å². The van der Waals surface area contributed by atoms with Gasteiger partial charge in [0.15, 0.2) is 0 Å². The molecule has 4 rings (SSSR count). The molecular weight excluding hydrogens is 426 g/mol. The van der Waals surface area contributed by atoms with Crippen LogP contribution < -0.4 is 5.32 Å². The highest BCUT2D eigenvalue weighted by atomic mass is 16.3. The van der Waals surface area contributed by atoms with Crippen molar-refractivity contribution in [2.45, 2.75) is 40.3 Å². The number of nitrogens with zero attached hydrogens (tertiary/aromatic N) is 4. The summed E-state index contributed by atoms with van der Waals surface area (Å²) in [5.74, 6) is 0.0215. The topological polar surface area (TPSA) is 92.9 Å². The molecule has 2 aromatic heterocycles. The first-order valence-electron chi connectivity index (χ1n) is 11.5. The molecular formula is C27H31N5O2. The van der Waals surface area contributed by atoms with Crippen molar-refractivity contribution in [3.8, 4) is 11.3 Å². The molecule has 0 bridgehead atoms. The lowest BCUT2D eigenvalue weighted by molar-refractivity contribution is 0.0719. The van der Waals surface area contributed by atoms with E-state index in [1.165, 1.54) is 0 Å². The van der Waals surface area contributed by atoms with Crippen LogP contribution in [0.25, 0.3) is 22.0 Å². The first-order chi connectivity index (χ1) is 16.3. The number of aliphatic hydroxyl groups excluding tert-OH is 1. The van der Waals surface area contributed by atoms with Gasteiger partial charge in [0.05, 0.1) is 19.3 Å². The summed E-state index contributed by atoms with van der Waals surface area (Å²) in [6.45, 7) is 8.44. The second-order valence-corrected chi connectivity index (χ2v) is 9.74. The van der Waals surface area contributed by atoms with E-state index in [0.29, 0.717) is 12.1 Å². The first kappa shape index (κ1) is 23.6. The third-order valence-electron chi connectivity index (χ3n) is 6.27. The van der Waals surface area contributed by atoms with Gasteiger partial charge in [-0.05, 0) is 35.1 Å². The van der Waals surface area contributed by atoms with Gasteiger partial charge in [-0.1, -0.05) is 63.2 Å². The van der Waals surface area contributed by atoms with Gasteiger partial charge in [0, 0.05) is 40.4 Å². The van der Waals surface area contributed by atoms with E-state index < -0.39 is 5.41 Å². The van der Waals surface area contributed by atoms with Gasteiger partial charge in [0.1, 0.15) is 5.69 Å². The highest BCUT2D eigenvalue weighted by molar-refractivity contribution is 5.96. The molecule has 0 aliphatic rings. The number of benzene rings is 2. The maximum Gasteiger partial charge on any atom is 0.251 e. The van der Waals surface area contributed by atoms with Crippen LogP contribution in [0.3, 0.4) is 0 Å². The molecule has 1 unspecified atom stereocenters. The predicted octanol–water partition coefficient (Wildman–Crippen LogP) is 4.31. The van der Waals surface area contributed by atoms with Crippen LogP contribution in [0.2, 0.25) is 0 Å². The fourth-order valence-corrected chi connectivity index (χ4v) is 4.39. The Morgan fingerprint density at radius 2 is 1.91 bits per heavy atom. The fraction of sp³-hybridized carbons (Fsp3) is 0.333. The average Bonchev–Trinajstić information content (AvgIpc) is 3.30. The van der Waals surface area contributed by atoms with E-state index in [4.69, 9.17) is 0 Å². The SMILES string of the molecule is CC(C)C(NC(=O)c1ccccc1Cn1cc(-c2ccc3cnccc3c2)nn1)C(C)(C)CO. The minimum atomic E-state index is -0.435. The zero-order valence-electron chi connectivity index (χ0n) is 20.1. The van der Waals surface area contributed by atoms with Crippen molar-refractivity contribution in [3.05, 3.63) is 78.2 Å². The lowest BCUT2D eigenvalue weighted by atomic mass is 9.79. The Bertz CT molecular complexity index is 1290. The lowest BCUT2D eigenvalue weighted by Gasteiger charge is -2.36. The van der Waals surface area contributed by atoms with Crippen LogP contribution in [-0.4, -0.2) is 43.6 Å². The van der Waals surface area contributed by atoms with E-state index in [-0.39, 0.29) is 24.5 Å². The third-order valence-corrected chi connectivity index (χ3v) is 6.27. The lowest BCUT2D eigenvalue weighted by Crippen LogP contribution is -2.50. The Balaban J connectivity index is 1.55. The van der Waals surface area contributed by atoms with Crippen LogP contribution in [0.4, 0.5) is 0 Å². The Hall–Kier alpha value is -3.58. The second-order valence-electron chi connectivity index (χ2n) is 9.74. The minimum absolute atomic E-state index is 0.00914. The number of aromatic nitrogens is 4. The molecule has 2 N–H and O–H groups in total. The Kier molecular flexibility index (Phi) is 6.75. The highest BCUT2D eigenvalue weighted by Gasteiger charge is 2.33. The number of fused-ring (bicyclic) bond motifs is 1. The van der Waals surface area contributed by atoms with Crippen LogP contribution in [0.1, 0.15) is 43.6 Å². The molecule has 2 heterocycles.